The van der Waals surface area contributed by atoms with Gasteiger partial charge in [-0.25, -0.2) is 5.43 Å². The second-order valence-electron chi connectivity index (χ2n) is 4.52. The van der Waals surface area contributed by atoms with E-state index in [1.807, 2.05) is 24.3 Å². The SMILES string of the molecule is C(=Cc1ccccc1)C1=CC(c2ccccc2)NN1. The van der Waals surface area contributed by atoms with Crippen molar-refractivity contribution in [1.82, 2.24) is 10.9 Å². The highest BCUT2D eigenvalue weighted by molar-refractivity contribution is 5.53. The van der Waals surface area contributed by atoms with E-state index < -0.39 is 0 Å². The summed E-state index contributed by atoms with van der Waals surface area (Å²) in [6, 6.07) is 20.9. The maximum absolute atomic E-state index is 3.27. The molecule has 2 heteroatoms. The van der Waals surface area contributed by atoms with E-state index in [-0.39, 0.29) is 6.04 Å². The Morgan fingerprint density at radius 2 is 1.47 bits per heavy atom. The largest absolute Gasteiger partial charge is 0.321 e. The van der Waals surface area contributed by atoms with Crippen LogP contribution in [0.4, 0.5) is 0 Å². The molecule has 1 unspecified atom stereocenters. The molecule has 0 radical (unpaired) electrons. The van der Waals surface area contributed by atoms with Crippen LogP contribution in [0, 0.1) is 0 Å². The van der Waals surface area contributed by atoms with Crippen molar-refractivity contribution in [3.63, 3.8) is 0 Å². The van der Waals surface area contributed by atoms with Crippen LogP contribution in [0.2, 0.25) is 0 Å². The zero-order valence-corrected chi connectivity index (χ0v) is 10.6. The van der Waals surface area contributed by atoms with Crippen molar-refractivity contribution in [2.24, 2.45) is 0 Å². The zero-order chi connectivity index (χ0) is 12.9. The minimum atomic E-state index is 0.233. The molecule has 3 rings (SSSR count). The molecule has 0 saturated heterocycles. The molecule has 0 fully saturated rings. The molecule has 1 atom stereocenters. The van der Waals surface area contributed by atoms with Gasteiger partial charge in [0, 0.05) is 5.70 Å². The number of hydrazine groups is 1. The molecular formula is C17H16N2. The Morgan fingerprint density at radius 3 is 2.21 bits per heavy atom. The smallest absolute Gasteiger partial charge is 0.0714 e. The van der Waals surface area contributed by atoms with Crippen molar-refractivity contribution in [2.75, 3.05) is 0 Å². The third-order valence-electron chi connectivity index (χ3n) is 3.13. The van der Waals surface area contributed by atoms with Gasteiger partial charge in [0.2, 0.25) is 0 Å². The Balaban J connectivity index is 1.72. The van der Waals surface area contributed by atoms with Gasteiger partial charge in [0.25, 0.3) is 0 Å². The molecule has 0 amide bonds. The van der Waals surface area contributed by atoms with Crippen LogP contribution in [-0.2, 0) is 0 Å². The first kappa shape index (κ1) is 11.8. The standard InChI is InChI=1S/C17H16N2/c1-3-7-14(8-4-1)11-12-16-13-17(19-18-16)15-9-5-2-6-10-15/h1-13,17-19H. The summed E-state index contributed by atoms with van der Waals surface area (Å²) in [5, 5.41) is 0. The number of hydrogen-bond acceptors (Lipinski definition) is 2. The van der Waals surface area contributed by atoms with Gasteiger partial charge in [-0.2, -0.15) is 0 Å². The highest BCUT2D eigenvalue weighted by Gasteiger charge is 2.13. The summed E-state index contributed by atoms with van der Waals surface area (Å²) in [5.74, 6) is 0. The molecule has 2 aromatic rings. The lowest BCUT2D eigenvalue weighted by Gasteiger charge is -2.07. The van der Waals surface area contributed by atoms with E-state index in [1.165, 1.54) is 11.1 Å². The summed E-state index contributed by atoms with van der Waals surface area (Å²) in [6.45, 7) is 0. The fourth-order valence-corrected chi connectivity index (χ4v) is 2.11. The summed E-state index contributed by atoms with van der Waals surface area (Å²) >= 11 is 0. The zero-order valence-electron chi connectivity index (χ0n) is 10.6. The summed E-state index contributed by atoms with van der Waals surface area (Å²) in [5.41, 5.74) is 10.0. The minimum absolute atomic E-state index is 0.233. The van der Waals surface area contributed by atoms with E-state index in [4.69, 9.17) is 0 Å². The monoisotopic (exact) mass is 248 g/mol. The van der Waals surface area contributed by atoms with Crippen molar-refractivity contribution < 1.29 is 0 Å². The van der Waals surface area contributed by atoms with Gasteiger partial charge < -0.3 is 5.43 Å². The Hall–Kier alpha value is -2.32. The molecule has 0 saturated carbocycles. The van der Waals surface area contributed by atoms with Crippen LogP contribution < -0.4 is 10.9 Å². The van der Waals surface area contributed by atoms with Gasteiger partial charge >= 0.3 is 0 Å². The van der Waals surface area contributed by atoms with Crippen molar-refractivity contribution in [3.8, 4) is 0 Å². The normalized spacial score (nSPS) is 18.3. The van der Waals surface area contributed by atoms with Crippen molar-refractivity contribution in [1.29, 1.82) is 0 Å². The summed E-state index contributed by atoms with van der Waals surface area (Å²) in [4.78, 5) is 0. The lowest BCUT2D eigenvalue weighted by atomic mass is 10.1. The van der Waals surface area contributed by atoms with Crippen molar-refractivity contribution in [2.45, 2.75) is 6.04 Å². The van der Waals surface area contributed by atoms with Gasteiger partial charge in [-0.05, 0) is 23.3 Å². The summed E-state index contributed by atoms with van der Waals surface area (Å²) < 4.78 is 0. The molecule has 0 spiro atoms. The minimum Gasteiger partial charge on any atom is -0.321 e. The fraction of sp³-hybridized carbons (Fsp3) is 0.0588. The van der Waals surface area contributed by atoms with Crippen LogP contribution >= 0.6 is 0 Å². The third kappa shape index (κ3) is 2.92. The highest BCUT2D eigenvalue weighted by Crippen LogP contribution is 2.19. The van der Waals surface area contributed by atoms with E-state index in [9.17, 15) is 0 Å². The molecule has 1 heterocycles. The Morgan fingerprint density at radius 1 is 0.789 bits per heavy atom. The van der Waals surface area contributed by atoms with Gasteiger partial charge in [0.15, 0.2) is 0 Å². The first-order chi connectivity index (χ1) is 9.42. The van der Waals surface area contributed by atoms with Crippen LogP contribution in [0.3, 0.4) is 0 Å². The van der Waals surface area contributed by atoms with Crippen LogP contribution in [0.5, 0.6) is 0 Å². The first-order valence-corrected chi connectivity index (χ1v) is 6.43. The molecular weight excluding hydrogens is 232 g/mol. The molecule has 1 aliphatic heterocycles. The molecule has 2 nitrogen and oxygen atoms in total. The van der Waals surface area contributed by atoms with Gasteiger partial charge in [-0.15, -0.1) is 0 Å². The fourth-order valence-electron chi connectivity index (χ4n) is 2.11. The number of hydrogen-bond donors (Lipinski definition) is 2. The van der Waals surface area contributed by atoms with E-state index >= 15 is 0 Å². The number of allylic oxidation sites excluding steroid dienone is 1. The van der Waals surface area contributed by atoms with Crippen LogP contribution in [0.1, 0.15) is 17.2 Å². The van der Waals surface area contributed by atoms with Crippen molar-refractivity contribution >= 4 is 6.08 Å². The van der Waals surface area contributed by atoms with E-state index in [2.05, 4.69) is 65.5 Å². The van der Waals surface area contributed by atoms with Crippen molar-refractivity contribution in [3.05, 3.63) is 89.6 Å². The lowest BCUT2D eigenvalue weighted by Crippen LogP contribution is -2.26. The Labute approximate surface area is 113 Å². The number of rotatable bonds is 3. The molecule has 0 aliphatic carbocycles. The maximum Gasteiger partial charge on any atom is 0.0714 e. The van der Waals surface area contributed by atoms with E-state index in [0.717, 1.165) is 5.70 Å². The third-order valence-corrected chi connectivity index (χ3v) is 3.13. The summed E-state index contributed by atoms with van der Waals surface area (Å²) in [7, 11) is 0. The Bertz CT molecular complexity index is 585. The predicted octanol–water partition coefficient (Wildman–Crippen LogP) is 3.43. The first-order valence-electron chi connectivity index (χ1n) is 6.43. The van der Waals surface area contributed by atoms with Crippen LogP contribution in [0.25, 0.3) is 6.08 Å². The molecule has 0 aromatic heterocycles. The van der Waals surface area contributed by atoms with Gasteiger partial charge in [0.1, 0.15) is 0 Å². The number of nitrogens with one attached hydrogen (secondary N) is 2. The highest BCUT2D eigenvalue weighted by atomic mass is 15.4. The van der Waals surface area contributed by atoms with Crippen LogP contribution in [-0.4, -0.2) is 0 Å². The average molecular weight is 248 g/mol. The van der Waals surface area contributed by atoms with Gasteiger partial charge in [-0.3, -0.25) is 0 Å². The van der Waals surface area contributed by atoms with Gasteiger partial charge in [0.05, 0.1) is 6.04 Å². The molecule has 94 valence electrons. The van der Waals surface area contributed by atoms with E-state index in [1.54, 1.807) is 0 Å². The van der Waals surface area contributed by atoms with Gasteiger partial charge in [-0.1, -0.05) is 66.7 Å². The predicted molar refractivity (Wildman–Crippen MR) is 79.0 cm³/mol. The second kappa shape index (κ2) is 5.55. The summed E-state index contributed by atoms with van der Waals surface area (Å²) in [6.07, 6.45) is 6.38. The average Bonchev–Trinajstić information content (AvgIpc) is 2.96. The maximum atomic E-state index is 3.27. The topological polar surface area (TPSA) is 24.1 Å². The quantitative estimate of drug-likeness (QED) is 0.869. The van der Waals surface area contributed by atoms with E-state index in [0.29, 0.717) is 0 Å². The molecule has 2 aromatic carbocycles. The van der Waals surface area contributed by atoms with Crippen LogP contribution in [0.15, 0.2) is 78.5 Å². The molecule has 2 N–H and O–H groups in total. The molecule has 0 bridgehead atoms. The second-order valence-corrected chi connectivity index (χ2v) is 4.52. The lowest BCUT2D eigenvalue weighted by molar-refractivity contribution is 0.602. The number of benzene rings is 2. The Kier molecular flexibility index (Phi) is 3.43. The molecule has 1 aliphatic rings. The molecule has 19 heavy (non-hydrogen) atoms.